The Morgan fingerprint density at radius 1 is 0.775 bits per heavy atom. The molecular weight excluding hydrogens is 492 g/mol. The smallest absolute Gasteiger partial charge is 0.138 e. The summed E-state index contributed by atoms with van der Waals surface area (Å²) in [4.78, 5) is 4.80. The van der Waals surface area contributed by atoms with E-state index in [9.17, 15) is 0 Å². The van der Waals surface area contributed by atoms with Crippen LogP contribution in [0.1, 0.15) is 19.4 Å². The molecule has 0 radical (unpaired) electrons. The number of allylic oxidation sites excluding steroid dienone is 2. The van der Waals surface area contributed by atoms with Gasteiger partial charge in [-0.15, -0.1) is 0 Å². The highest BCUT2D eigenvalue weighted by Gasteiger charge is 2.15. The number of nitrogens with one attached hydrogen (secondary N) is 1. The molecule has 5 heteroatoms. The number of aromatic nitrogens is 2. The third-order valence-corrected chi connectivity index (χ3v) is 6.91. The Morgan fingerprint density at radius 3 is 2.42 bits per heavy atom. The summed E-state index contributed by atoms with van der Waals surface area (Å²) in [5.41, 5.74) is 8.23. The molecule has 2 heterocycles. The van der Waals surface area contributed by atoms with Crippen molar-refractivity contribution < 1.29 is 10.1 Å². The summed E-state index contributed by atoms with van der Waals surface area (Å²) in [7, 11) is 0. The SMILES string of the molecule is CC(=N)/C=C(/C)[NH2+]c1cccc(Oc2ccc3c4cc(C)ccc4n(-c4cc(-c5ccccc5)ccn4)c3c2)c1. The zero-order valence-corrected chi connectivity index (χ0v) is 22.8. The molecule has 0 aliphatic rings. The quantitative estimate of drug-likeness (QED) is 0.164. The first-order chi connectivity index (χ1) is 19.4. The van der Waals surface area contributed by atoms with Crippen LogP contribution < -0.4 is 10.1 Å². The average molecular weight is 524 g/mol. The highest BCUT2D eigenvalue weighted by atomic mass is 16.5. The van der Waals surface area contributed by atoms with E-state index < -0.39 is 0 Å². The van der Waals surface area contributed by atoms with E-state index >= 15 is 0 Å². The van der Waals surface area contributed by atoms with Crippen LogP contribution in [-0.2, 0) is 0 Å². The van der Waals surface area contributed by atoms with E-state index in [1.54, 1.807) is 6.92 Å². The first-order valence-electron chi connectivity index (χ1n) is 13.4. The summed E-state index contributed by atoms with van der Waals surface area (Å²) in [5.74, 6) is 2.38. The second-order valence-electron chi connectivity index (χ2n) is 10.2. The van der Waals surface area contributed by atoms with Gasteiger partial charge >= 0.3 is 0 Å². The van der Waals surface area contributed by atoms with Crippen molar-refractivity contribution in [2.45, 2.75) is 20.8 Å². The van der Waals surface area contributed by atoms with E-state index in [4.69, 9.17) is 15.1 Å². The fraction of sp³-hybridized carbons (Fsp3) is 0.0857. The lowest BCUT2D eigenvalue weighted by Crippen LogP contribution is -2.75. The van der Waals surface area contributed by atoms with Gasteiger partial charge in [0.2, 0.25) is 0 Å². The van der Waals surface area contributed by atoms with Crippen LogP contribution >= 0.6 is 0 Å². The fourth-order valence-corrected chi connectivity index (χ4v) is 5.23. The lowest BCUT2D eigenvalue weighted by molar-refractivity contribution is -0.517. The molecule has 4 aromatic carbocycles. The van der Waals surface area contributed by atoms with Crippen molar-refractivity contribution in [3.05, 3.63) is 127 Å². The molecule has 0 unspecified atom stereocenters. The van der Waals surface area contributed by atoms with Gasteiger partial charge in [0.15, 0.2) is 0 Å². The monoisotopic (exact) mass is 523 g/mol. The molecule has 2 aromatic heterocycles. The maximum absolute atomic E-state index is 7.71. The Kier molecular flexibility index (Phi) is 6.72. The third-order valence-electron chi connectivity index (χ3n) is 6.91. The molecular formula is C35H31N4O+. The Labute approximate surface area is 233 Å². The van der Waals surface area contributed by atoms with Crippen LogP contribution in [0.25, 0.3) is 38.8 Å². The van der Waals surface area contributed by atoms with Gasteiger partial charge in [0.05, 0.1) is 11.0 Å². The van der Waals surface area contributed by atoms with Crippen LogP contribution in [0.15, 0.2) is 121 Å². The van der Waals surface area contributed by atoms with E-state index in [-0.39, 0.29) is 0 Å². The highest BCUT2D eigenvalue weighted by molar-refractivity contribution is 6.09. The van der Waals surface area contributed by atoms with Gasteiger partial charge in [-0.25, -0.2) is 4.98 Å². The summed E-state index contributed by atoms with van der Waals surface area (Å²) >= 11 is 0. The van der Waals surface area contributed by atoms with Crippen molar-refractivity contribution >= 4 is 33.2 Å². The second kappa shape index (κ2) is 10.6. The molecule has 0 fully saturated rings. The lowest BCUT2D eigenvalue weighted by Gasteiger charge is -2.11. The summed E-state index contributed by atoms with van der Waals surface area (Å²) in [6.45, 7) is 5.90. The molecule has 0 atom stereocenters. The van der Waals surface area contributed by atoms with E-state index in [0.29, 0.717) is 5.71 Å². The lowest BCUT2D eigenvalue weighted by atomic mass is 10.1. The van der Waals surface area contributed by atoms with Crippen LogP contribution in [0.2, 0.25) is 0 Å². The van der Waals surface area contributed by atoms with Crippen molar-refractivity contribution in [2.75, 3.05) is 0 Å². The fourth-order valence-electron chi connectivity index (χ4n) is 5.23. The van der Waals surface area contributed by atoms with Gasteiger partial charge in [-0.1, -0.05) is 48.0 Å². The van der Waals surface area contributed by atoms with Crippen molar-refractivity contribution in [1.29, 1.82) is 5.41 Å². The number of hydrogen-bond donors (Lipinski definition) is 2. The first kappa shape index (κ1) is 25.3. The van der Waals surface area contributed by atoms with E-state index in [1.807, 2.05) is 55.6 Å². The standard InChI is InChI=1S/C35H30N4O/c1-23-12-15-33-32(18-23)31-14-13-30(40-29-11-7-10-28(21-29)38-25(3)19-24(2)36)22-34(31)39(33)35-20-27(16-17-37-35)26-8-5-4-6-9-26/h4-22,36,38H,1-3H3/p+1/b25-19-,36-24?. The molecule has 0 aliphatic heterocycles. The molecule has 6 rings (SSSR count). The molecule has 0 bridgehead atoms. The number of nitrogens with two attached hydrogens (primary N) is 1. The number of ether oxygens (including phenoxy) is 1. The zero-order chi connectivity index (χ0) is 27.6. The van der Waals surface area contributed by atoms with Crippen LogP contribution in [0.4, 0.5) is 5.69 Å². The molecule has 196 valence electrons. The van der Waals surface area contributed by atoms with Crippen LogP contribution in [0.5, 0.6) is 11.5 Å². The Morgan fingerprint density at radius 2 is 1.60 bits per heavy atom. The maximum atomic E-state index is 7.71. The minimum Gasteiger partial charge on any atom is -0.457 e. The summed E-state index contributed by atoms with van der Waals surface area (Å²) in [5, 5.41) is 12.1. The van der Waals surface area contributed by atoms with E-state index in [2.05, 4.69) is 83.5 Å². The molecule has 0 saturated carbocycles. The Hall–Kier alpha value is -5.00. The number of benzene rings is 4. The van der Waals surface area contributed by atoms with Gasteiger partial charge < -0.3 is 10.1 Å². The Bertz CT molecular complexity index is 1900. The topological polar surface area (TPSA) is 67.5 Å². The average Bonchev–Trinajstić information content (AvgIpc) is 3.26. The maximum Gasteiger partial charge on any atom is 0.138 e. The predicted octanol–water partition coefficient (Wildman–Crippen LogP) is 8.08. The molecule has 0 spiro atoms. The van der Waals surface area contributed by atoms with Crippen molar-refractivity contribution in [3.8, 4) is 28.4 Å². The van der Waals surface area contributed by atoms with Gasteiger partial charge in [0.1, 0.15) is 28.7 Å². The van der Waals surface area contributed by atoms with Gasteiger partial charge in [-0.05, 0) is 73.5 Å². The molecule has 6 aromatic rings. The summed E-state index contributed by atoms with van der Waals surface area (Å²) in [6.07, 6.45) is 3.73. The third kappa shape index (κ3) is 5.15. The number of pyridine rings is 1. The second-order valence-corrected chi connectivity index (χ2v) is 10.2. The molecule has 0 saturated heterocycles. The van der Waals surface area contributed by atoms with Crippen molar-refractivity contribution in [3.63, 3.8) is 0 Å². The number of fused-ring (bicyclic) bond motifs is 3. The summed E-state index contributed by atoms with van der Waals surface area (Å²) < 4.78 is 8.60. The zero-order valence-electron chi connectivity index (χ0n) is 22.8. The molecule has 40 heavy (non-hydrogen) atoms. The van der Waals surface area contributed by atoms with Crippen LogP contribution in [0.3, 0.4) is 0 Å². The van der Waals surface area contributed by atoms with Gasteiger partial charge in [-0.3, -0.25) is 9.88 Å². The van der Waals surface area contributed by atoms with Gasteiger partial charge in [-0.2, -0.15) is 0 Å². The van der Waals surface area contributed by atoms with Crippen LogP contribution in [0, 0.1) is 12.3 Å². The minimum atomic E-state index is 0.531. The number of aryl methyl sites for hydroxylation is 1. The molecule has 0 amide bonds. The van der Waals surface area contributed by atoms with E-state index in [0.717, 1.165) is 56.2 Å². The summed E-state index contributed by atoms with van der Waals surface area (Å²) in [6, 6.07) is 35.4. The predicted molar refractivity (Wildman–Crippen MR) is 164 cm³/mol. The highest BCUT2D eigenvalue weighted by Crippen LogP contribution is 2.36. The normalized spacial score (nSPS) is 11.7. The van der Waals surface area contributed by atoms with Gasteiger partial charge in [0, 0.05) is 47.8 Å². The first-order valence-corrected chi connectivity index (χ1v) is 13.4. The largest absolute Gasteiger partial charge is 0.457 e. The minimum absolute atomic E-state index is 0.531. The number of quaternary nitrogens is 1. The van der Waals surface area contributed by atoms with Crippen molar-refractivity contribution in [1.82, 2.24) is 9.55 Å². The van der Waals surface area contributed by atoms with Crippen molar-refractivity contribution in [2.24, 2.45) is 0 Å². The van der Waals surface area contributed by atoms with Gasteiger partial charge in [0.25, 0.3) is 0 Å². The number of hydrogen-bond acceptors (Lipinski definition) is 3. The van der Waals surface area contributed by atoms with Crippen LogP contribution in [-0.4, -0.2) is 15.3 Å². The molecule has 0 aliphatic carbocycles. The number of nitrogens with zero attached hydrogens (tertiary/aromatic N) is 2. The Balaban J connectivity index is 1.43. The number of rotatable bonds is 7. The molecule has 3 N–H and O–H groups in total. The molecule has 5 nitrogen and oxygen atoms in total. The van der Waals surface area contributed by atoms with E-state index in [1.165, 1.54) is 10.9 Å².